The minimum atomic E-state index is -0.151. The van der Waals surface area contributed by atoms with Gasteiger partial charge >= 0.3 is 0 Å². The van der Waals surface area contributed by atoms with Crippen LogP contribution in [-0.4, -0.2) is 29.4 Å². The first-order valence-electron chi connectivity index (χ1n) is 9.78. The SMILES string of the molecule is C=CCN=c1scc(-c2ccc3c(c2)NC(=O)CO3)n1N=C1CCc2ccccc21. The van der Waals surface area contributed by atoms with Crippen LogP contribution in [0.5, 0.6) is 5.75 Å². The van der Waals surface area contributed by atoms with Gasteiger partial charge in [-0.05, 0) is 36.6 Å². The Hall–Kier alpha value is -3.45. The lowest BCUT2D eigenvalue weighted by Crippen LogP contribution is -2.25. The molecule has 2 aromatic carbocycles. The van der Waals surface area contributed by atoms with Crippen molar-refractivity contribution in [3.63, 3.8) is 0 Å². The molecule has 0 saturated heterocycles. The molecule has 1 N–H and O–H groups in total. The predicted octanol–water partition coefficient (Wildman–Crippen LogP) is 3.83. The number of amides is 1. The molecule has 0 bridgehead atoms. The van der Waals surface area contributed by atoms with Crippen LogP contribution in [0.1, 0.15) is 17.5 Å². The van der Waals surface area contributed by atoms with E-state index in [9.17, 15) is 4.79 Å². The van der Waals surface area contributed by atoms with Crippen LogP contribution >= 0.6 is 11.3 Å². The van der Waals surface area contributed by atoms with E-state index in [2.05, 4.69) is 35.1 Å². The molecule has 2 aliphatic rings. The Morgan fingerprint density at radius 1 is 1.23 bits per heavy atom. The molecule has 1 aliphatic heterocycles. The van der Waals surface area contributed by atoms with Crippen LogP contribution < -0.4 is 14.9 Å². The highest BCUT2D eigenvalue weighted by Crippen LogP contribution is 2.33. The molecule has 30 heavy (non-hydrogen) atoms. The molecule has 2 heterocycles. The molecular weight excluding hydrogens is 396 g/mol. The predicted molar refractivity (Wildman–Crippen MR) is 119 cm³/mol. The number of carbonyl (C=O) groups is 1. The van der Waals surface area contributed by atoms with Crippen LogP contribution in [0.2, 0.25) is 0 Å². The second kappa shape index (κ2) is 7.76. The first-order chi connectivity index (χ1) is 14.7. The maximum atomic E-state index is 11.7. The Morgan fingerprint density at radius 3 is 3.03 bits per heavy atom. The first kappa shape index (κ1) is 18.6. The van der Waals surface area contributed by atoms with E-state index in [4.69, 9.17) is 9.84 Å². The average molecular weight is 417 g/mol. The summed E-state index contributed by atoms with van der Waals surface area (Å²) in [5.41, 5.74) is 6.11. The van der Waals surface area contributed by atoms with Crippen molar-refractivity contribution in [1.29, 1.82) is 0 Å². The molecular formula is C23H20N4O2S. The van der Waals surface area contributed by atoms with Gasteiger partial charge in [0.15, 0.2) is 6.61 Å². The van der Waals surface area contributed by atoms with E-state index in [-0.39, 0.29) is 12.5 Å². The molecule has 1 aromatic heterocycles. The zero-order valence-corrected chi connectivity index (χ0v) is 17.1. The molecule has 6 nitrogen and oxygen atoms in total. The quantitative estimate of drug-likeness (QED) is 0.657. The van der Waals surface area contributed by atoms with Crippen molar-refractivity contribution in [2.24, 2.45) is 10.1 Å². The van der Waals surface area contributed by atoms with Crippen molar-refractivity contribution < 1.29 is 9.53 Å². The van der Waals surface area contributed by atoms with Gasteiger partial charge in [0.1, 0.15) is 5.75 Å². The summed E-state index contributed by atoms with van der Waals surface area (Å²) in [5.74, 6) is 0.523. The summed E-state index contributed by atoms with van der Waals surface area (Å²) >= 11 is 1.54. The molecule has 0 spiro atoms. The van der Waals surface area contributed by atoms with Gasteiger partial charge in [-0.25, -0.2) is 4.68 Å². The van der Waals surface area contributed by atoms with Crippen LogP contribution in [0.15, 0.2) is 70.6 Å². The molecule has 1 amide bonds. The lowest BCUT2D eigenvalue weighted by molar-refractivity contribution is -0.118. The van der Waals surface area contributed by atoms with Crippen molar-refractivity contribution in [1.82, 2.24) is 4.68 Å². The molecule has 0 fully saturated rings. The number of fused-ring (bicyclic) bond motifs is 2. The number of hydrogen-bond acceptors (Lipinski definition) is 5. The standard InChI is InChI=1S/C23H20N4O2S/c1-2-11-24-23-27(26-18-9-7-15-5-3-4-6-17(15)18)20(14-30-23)16-8-10-21-19(12-16)25-22(28)13-29-21/h2-6,8,10,12,14H,1,7,9,11,13H2,(H,25,28). The van der Waals surface area contributed by atoms with Crippen molar-refractivity contribution in [2.75, 3.05) is 18.5 Å². The fraction of sp³-hybridized carbons (Fsp3) is 0.174. The summed E-state index contributed by atoms with van der Waals surface area (Å²) in [6.45, 7) is 4.34. The number of ether oxygens (including phenoxy) is 1. The summed E-state index contributed by atoms with van der Waals surface area (Å²) in [5, 5.41) is 9.93. The Kier molecular flexibility index (Phi) is 4.80. The largest absolute Gasteiger partial charge is 0.482 e. The van der Waals surface area contributed by atoms with E-state index in [1.807, 2.05) is 34.3 Å². The number of rotatable bonds is 4. The highest BCUT2D eigenvalue weighted by atomic mass is 32.1. The molecule has 150 valence electrons. The fourth-order valence-electron chi connectivity index (χ4n) is 3.72. The fourth-order valence-corrected chi connectivity index (χ4v) is 4.56. The van der Waals surface area contributed by atoms with Gasteiger partial charge in [0.05, 0.1) is 23.6 Å². The third-order valence-electron chi connectivity index (χ3n) is 5.13. The Labute approximate surface area is 177 Å². The van der Waals surface area contributed by atoms with Gasteiger partial charge < -0.3 is 10.1 Å². The number of benzene rings is 2. The number of nitrogens with zero attached hydrogens (tertiary/aromatic N) is 3. The van der Waals surface area contributed by atoms with Crippen molar-refractivity contribution >= 4 is 28.6 Å². The summed E-state index contributed by atoms with van der Waals surface area (Å²) in [6.07, 6.45) is 3.67. The van der Waals surface area contributed by atoms with Crippen molar-refractivity contribution in [2.45, 2.75) is 12.8 Å². The molecule has 1 aliphatic carbocycles. The van der Waals surface area contributed by atoms with Gasteiger partial charge in [-0.15, -0.1) is 17.9 Å². The summed E-state index contributed by atoms with van der Waals surface area (Å²) < 4.78 is 7.39. The molecule has 7 heteroatoms. The summed E-state index contributed by atoms with van der Waals surface area (Å²) in [4.78, 5) is 17.2. The van der Waals surface area contributed by atoms with Crippen molar-refractivity contribution in [3.8, 4) is 17.0 Å². The minimum absolute atomic E-state index is 0.0441. The van der Waals surface area contributed by atoms with E-state index in [0.29, 0.717) is 18.0 Å². The normalized spacial score (nSPS) is 16.7. The number of anilines is 1. The topological polar surface area (TPSA) is 68.0 Å². The smallest absolute Gasteiger partial charge is 0.262 e. The first-order valence-corrected chi connectivity index (χ1v) is 10.7. The number of aryl methyl sites for hydroxylation is 1. The molecule has 0 saturated carbocycles. The van der Waals surface area contributed by atoms with Gasteiger partial charge in [-0.3, -0.25) is 9.79 Å². The third-order valence-corrected chi connectivity index (χ3v) is 5.98. The van der Waals surface area contributed by atoms with Crippen molar-refractivity contribution in [3.05, 3.63) is 76.4 Å². The molecule has 0 radical (unpaired) electrons. The zero-order valence-electron chi connectivity index (χ0n) is 16.3. The number of thiazole rings is 1. The van der Waals surface area contributed by atoms with Crippen LogP contribution in [0.3, 0.4) is 0 Å². The lowest BCUT2D eigenvalue weighted by atomic mass is 10.1. The maximum absolute atomic E-state index is 11.7. The number of aromatic nitrogens is 1. The lowest BCUT2D eigenvalue weighted by Gasteiger charge is -2.18. The average Bonchev–Trinajstić information content (AvgIpc) is 3.36. The highest BCUT2D eigenvalue weighted by Gasteiger charge is 2.20. The van der Waals surface area contributed by atoms with E-state index < -0.39 is 0 Å². The Bertz CT molecular complexity index is 1250. The van der Waals surface area contributed by atoms with Crippen LogP contribution in [-0.2, 0) is 11.2 Å². The third kappa shape index (κ3) is 3.37. The molecule has 3 aromatic rings. The van der Waals surface area contributed by atoms with Gasteiger partial charge in [0.2, 0.25) is 4.80 Å². The zero-order chi connectivity index (χ0) is 20.5. The maximum Gasteiger partial charge on any atom is 0.262 e. The monoisotopic (exact) mass is 416 g/mol. The van der Waals surface area contributed by atoms with E-state index in [0.717, 1.165) is 34.6 Å². The Morgan fingerprint density at radius 2 is 2.13 bits per heavy atom. The molecule has 5 rings (SSSR count). The summed E-state index contributed by atoms with van der Waals surface area (Å²) in [7, 11) is 0. The second-order valence-electron chi connectivity index (χ2n) is 7.10. The molecule has 0 atom stereocenters. The van der Waals surface area contributed by atoms with E-state index >= 15 is 0 Å². The highest BCUT2D eigenvalue weighted by molar-refractivity contribution is 7.07. The van der Waals surface area contributed by atoms with E-state index in [1.165, 1.54) is 22.5 Å². The minimum Gasteiger partial charge on any atom is -0.482 e. The Balaban J connectivity index is 1.64. The number of carbonyl (C=O) groups excluding carboxylic acids is 1. The second-order valence-corrected chi connectivity index (χ2v) is 7.93. The van der Waals surface area contributed by atoms with Gasteiger partial charge in [0, 0.05) is 16.5 Å². The number of nitrogens with one attached hydrogen (secondary N) is 1. The van der Waals surface area contributed by atoms with Gasteiger partial charge in [0.25, 0.3) is 5.91 Å². The van der Waals surface area contributed by atoms with Gasteiger partial charge in [-0.2, -0.15) is 5.10 Å². The molecule has 0 unspecified atom stereocenters. The van der Waals surface area contributed by atoms with E-state index in [1.54, 1.807) is 6.08 Å². The van der Waals surface area contributed by atoms with Crippen LogP contribution in [0.4, 0.5) is 5.69 Å². The van der Waals surface area contributed by atoms with Crippen LogP contribution in [0, 0.1) is 0 Å². The van der Waals surface area contributed by atoms with Crippen LogP contribution in [0.25, 0.3) is 11.3 Å². The van der Waals surface area contributed by atoms with Gasteiger partial charge in [-0.1, -0.05) is 30.3 Å². The number of hydrogen-bond donors (Lipinski definition) is 1. The summed E-state index contributed by atoms with van der Waals surface area (Å²) in [6, 6.07) is 14.2.